The van der Waals surface area contributed by atoms with Crippen molar-refractivity contribution in [2.45, 2.75) is 81.6 Å². The van der Waals surface area contributed by atoms with Gasteiger partial charge in [-0.25, -0.2) is 14.4 Å². The molecule has 19 heteroatoms. The van der Waals surface area contributed by atoms with Gasteiger partial charge in [-0.15, -0.1) is 23.1 Å². The smallest absolute Gasteiger partial charge is 0.410 e. The Kier molecular flexibility index (Phi) is 12.4. The Labute approximate surface area is 325 Å². The van der Waals surface area contributed by atoms with Gasteiger partial charge >= 0.3 is 18.0 Å². The Morgan fingerprint density at radius 3 is 2.50 bits per heavy atom. The first kappa shape index (κ1) is 41.0. The van der Waals surface area contributed by atoms with Crippen LogP contribution >= 0.6 is 34.9 Å². The van der Waals surface area contributed by atoms with Gasteiger partial charge in [0.05, 0.1) is 26.9 Å². The predicted molar refractivity (Wildman–Crippen MR) is 207 cm³/mol. The van der Waals surface area contributed by atoms with E-state index in [0.29, 0.717) is 15.5 Å². The minimum Gasteiger partial charge on any atom is -0.477 e. The van der Waals surface area contributed by atoms with E-state index in [9.17, 15) is 39.2 Å². The number of nitro benzene ring substituents is 1. The second kappa shape index (κ2) is 16.3. The van der Waals surface area contributed by atoms with E-state index in [1.807, 2.05) is 6.92 Å². The first-order chi connectivity index (χ1) is 25.3. The molecular formula is C35H42N4O11S3Si. The zero-order chi connectivity index (χ0) is 39.7. The Balaban J connectivity index is 1.32. The molecule has 1 aromatic carbocycles. The molecule has 0 radical (unpaired) electrons. The van der Waals surface area contributed by atoms with Crippen LogP contribution in [0.5, 0.6) is 0 Å². The predicted octanol–water partition coefficient (Wildman–Crippen LogP) is 6.65. The molecule has 15 nitrogen and oxygen atoms in total. The number of hydrogen-bond donors (Lipinski definition) is 2. The number of carbonyl (C=O) groups is 5. The summed E-state index contributed by atoms with van der Waals surface area (Å²) in [6, 6.07) is 5.90. The SMILES string of the molecule is C=CCOC(=O)c1cc(NC(=O)[C@@H]2C[C@H](SC3=C(C(=O)O)N4C(=O)[C@H](C(C)O[Si](C)(C)C(C)(C)C)[C@H]4S3)CN2C(=O)OCc2ccc([N+](=O)[O-])cc2)cs1. The molecule has 2 fully saturated rings. The molecule has 4 heterocycles. The van der Waals surface area contributed by atoms with Crippen LogP contribution in [0, 0.1) is 16.0 Å². The molecule has 1 aromatic heterocycles. The molecule has 3 aliphatic rings. The van der Waals surface area contributed by atoms with Crippen LogP contribution in [0.1, 0.15) is 49.4 Å². The number of thioether (sulfide) groups is 2. The van der Waals surface area contributed by atoms with Crippen molar-refractivity contribution in [1.82, 2.24) is 9.80 Å². The number of esters is 1. The maximum atomic E-state index is 13.7. The molecule has 2 saturated heterocycles. The molecular weight excluding hydrogens is 777 g/mol. The number of non-ortho nitro benzene ring substituents is 1. The normalized spacial score (nSPS) is 21.6. The van der Waals surface area contributed by atoms with Gasteiger partial charge < -0.3 is 24.3 Å². The number of ether oxygens (including phenoxy) is 2. The summed E-state index contributed by atoms with van der Waals surface area (Å²) in [5.41, 5.74) is 0.548. The third kappa shape index (κ3) is 8.69. The number of hydrogen-bond acceptors (Lipinski definition) is 13. The van der Waals surface area contributed by atoms with Crippen LogP contribution in [0.2, 0.25) is 18.1 Å². The van der Waals surface area contributed by atoms with Gasteiger partial charge in [0.1, 0.15) is 29.5 Å². The second-order valence-electron chi connectivity index (χ2n) is 14.5. The lowest BCUT2D eigenvalue weighted by atomic mass is 9.92. The van der Waals surface area contributed by atoms with Crippen molar-refractivity contribution < 1.29 is 47.9 Å². The number of likely N-dealkylation sites (tertiary alicyclic amines) is 1. The van der Waals surface area contributed by atoms with Crippen LogP contribution in [-0.2, 0) is 34.9 Å². The molecule has 2 aromatic rings. The lowest BCUT2D eigenvalue weighted by Crippen LogP contribution is -2.62. The van der Waals surface area contributed by atoms with Crippen molar-refractivity contribution in [3.8, 4) is 0 Å². The van der Waals surface area contributed by atoms with E-state index < -0.39 is 65.9 Å². The summed E-state index contributed by atoms with van der Waals surface area (Å²) in [4.78, 5) is 78.9. The number of nitro groups is 1. The molecule has 1 unspecified atom stereocenters. The first-order valence-electron chi connectivity index (χ1n) is 17.0. The van der Waals surface area contributed by atoms with Gasteiger partial charge in [0.25, 0.3) is 5.69 Å². The number of thiophene rings is 1. The van der Waals surface area contributed by atoms with E-state index in [0.717, 1.165) is 11.3 Å². The highest BCUT2D eigenvalue weighted by Crippen LogP contribution is 2.56. The number of aliphatic carboxylic acids is 1. The van der Waals surface area contributed by atoms with E-state index >= 15 is 0 Å². The molecule has 0 saturated carbocycles. The van der Waals surface area contributed by atoms with Crippen LogP contribution in [-0.4, -0.2) is 93.9 Å². The topological polar surface area (TPSA) is 195 Å². The van der Waals surface area contributed by atoms with E-state index in [1.54, 1.807) is 5.38 Å². The number of benzene rings is 1. The van der Waals surface area contributed by atoms with Crippen molar-refractivity contribution in [1.29, 1.82) is 0 Å². The van der Waals surface area contributed by atoms with E-state index in [1.165, 1.54) is 69.7 Å². The van der Waals surface area contributed by atoms with Crippen molar-refractivity contribution in [3.63, 3.8) is 0 Å². The molecule has 54 heavy (non-hydrogen) atoms. The summed E-state index contributed by atoms with van der Waals surface area (Å²) in [7, 11) is -2.24. The van der Waals surface area contributed by atoms with Gasteiger partial charge in [-0.2, -0.15) is 0 Å². The summed E-state index contributed by atoms with van der Waals surface area (Å²) in [5.74, 6) is -3.28. The summed E-state index contributed by atoms with van der Waals surface area (Å²) in [6.07, 6.45) is 0.290. The van der Waals surface area contributed by atoms with Gasteiger partial charge in [0.2, 0.25) is 11.8 Å². The highest BCUT2D eigenvalue weighted by atomic mass is 32.2. The van der Waals surface area contributed by atoms with Crippen LogP contribution in [0.15, 0.2) is 58.3 Å². The van der Waals surface area contributed by atoms with Crippen LogP contribution in [0.25, 0.3) is 0 Å². The van der Waals surface area contributed by atoms with Gasteiger partial charge in [-0.1, -0.05) is 45.2 Å². The molecule has 5 rings (SSSR count). The maximum absolute atomic E-state index is 13.7. The number of amides is 3. The molecule has 2 N–H and O–H groups in total. The van der Waals surface area contributed by atoms with Crippen molar-refractivity contribution in [3.05, 3.63) is 78.9 Å². The molecule has 0 bridgehead atoms. The number of anilines is 1. The molecule has 0 spiro atoms. The maximum Gasteiger partial charge on any atom is 0.410 e. The minimum atomic E-state index is -2.24. The molecule has 3 aliphatic heterocycles. The Morgan fingerprint density at radius 1 is 1.20 bits per heavy atom. The van der Waals surface area contributed by atoms with Crippen LogP contribution in [0.4, 0.5) is 16.2 Å². The van der Waals surface area contributed by atoms with E-state index in [4.69, 9.17) is 13.9 Å². The number of rotatable bonds is 14. The van der Waals surface area contributed by atoms with Crippen molar-refractivity contribution >= 4 is 84.4 Å². The number of carboxylic acids is 1. The fourth-order valence-corrected chi connectivity index (χ4v) is 11.4. The highest BCUT2D eigenvalue weighted by molar-refractivity contribution is 8.23. The average molecular weight is 819 g/mol. The van der Waals surface area contributed by atoms with Gasteiger partial charge in [-0.05, 0) is 55.2 Å². The van der Waals surface area contributed by atoms with Crippen molar-refractivity contribution in [2.24, 2.45) is 5.92 Å². The number of nitrogens with zero attached hydrogens (tertiary/aromatic N) is 3. The van der Waals surface area contributed by atoms with Crippen LogP contribution in [0.3, 0.4) is 0 Å². The first-order valence-corrected chi connectivity index (χ1v) is 22.5. The number of β-lactam (4-membered cyclic amide) rings is 1. The Hall–Kier alpha value is -4.17. The van der Waals surface area contributed by atoms with Crippen LogP contribution < -0.4 is 5.32 Å². The second-order valence-corrected chi connectivity index (χ2v) is 22.8. The third-order valence-corrected chi connectivity index (χ3v) is 18.0. The molecule has 0 aliphatic carbocycles. The average Bonchev–Trinajstić information content (AvgIpc) is 3.82. The number of nitrogens with one attached hydrogen (secondary N) is 1. The number of fused-ring (bicyclic) bond motifs is 1. The third-order valence-electron chi connectivity index (χ3n) is 9.72. The summed E-state index contributed by atoms with van der Waals surface area (Å²) < 4.78 is 17.5. The largest absolute Gasteiger partial charge is 0.477 e. The zero-order valence-electron chi connectivity index (χ0n) is 30.6. The van der Waals surface area contributed by atoms with E-state index in [-0.39, 0.29) is 53.4 Å². The van der Waals surface area contributed by atoms with Gasteiger partial charge in [0, 0.05) is 29.3 Å². The fourth-order valence-electron chi connectivity index (χ4n) is 5.90. The Bertz CT molecular complexity index is 1880. The summed E-state index contributed by atoms with van der Waals surface area (Å²) in [5, 5.41) is 24.6. The lowest BCUT2D eigenvalue weighted by Gasteiger charge is -2.48. The summed E-state index contributed by atoms with van der Waals surface area (Å²) >= 11 is 3.53. The molecule has 290 valence electrons. The standard InChI is InChI=1S/C35H42N4O11S3Si/c1-8-13-48-32(44)25-14-21(18-51-25)36-28(40)24-15-23(16-37(24)34(45)49-17-20-9-11-22(12-10-20)39(46)47)52-33-27(31(42)43)38-29(41)26(30(38)53-33)19(2)50-54(6,7)35(3,4)5/h8-12,14,18-19,23-24,26,30H,1,13,15-17H2,2-7H3,(H,36,40)(H,42,43)/t19?,23-,24-,26-,30+/m0/s1. The lowest BCUT2D eigenvalue weighted by molar-refractivity contribution is -0.384. The number of carboxylic acid groups (broad SMARTS) is 1. The molecule has 3 amide bonds. The van der Waals surface area contributed by atoms with Crippen molar-refractivity contribution in [2.75, 3.05) is 18.5 Å². The van der Waals surface area contributed by atoms with Gasteiger partial charge in [-0.3, -0.25) is 29.5 Å². The van der Waals surface area contributed by atoms with E-state index in [2.05, 4.69) is 45.8 Å². The quantitative estimate of drug-likeness (QED) is 0.0515. The highest BCUT2D eigenvalue weighted by Gasteiger charge is 2.59. The van der Waals surface area contributed by atoms with Gasteiger partial charge in [0.15, 0.2) is 14.0 Å². The fraction of sp³-hybridized carbons (Fsp3) is 0.457. The monoisotopic (exact) mass is 818 g/mol. The summed E-state index contributed by atoms with van der Waals surface area (Å²) in [6.45, 7) is 15.7. The Morgan fingerprint density at radius 2 is 1.89 bits per heavy atom. The number of carbonyl (C=O) groups excluding carboxylic acids is 4. The molecule has 5 atom stereocenters. The zero-order valence-corrected chi connectivity index (χ0v) is 34.0. The minimum absolute atomic E-state index is 0.00843.